The number of carbonyl (C=O) groups is 2. The highest BCUT2D eigenvalue weighted by molar-refractivity contribution is 6.46. The summed E-state index contributed by atoms with van der Waals surface area (Å²) in [5.41, 5.74) is 5.08. The molecule has 0 aromatic heterocycles. The molecular formula is C27H25ClN2O3. The number of nitrogens with zero attached hydrogens (tertiary/aromatic N) is 1. The number of benzene rings is 3. The number of rotatable bonds is 6. The van der Waals surface area contributed by atoms with Gasteiger partial charge in [0.1, 0.15) is 11.4 Å². The Balaban J connectivity index is 1.89. The maximum absolute atomic E-state index is 13.8. The van der Waals surface area contributed by atoms with Gasteiger partial charge in [-0.2, -0.15) is 0 Å². The van der Waals surface area contributed by atoms with Gasteiger partial charge in [-0.3, -0.25) is 9.59 Å². The van der Waals surface area contributed by atoms with Gasteiger partial charge in [-0.15, -0.1) is 0 Å². The Bertz CT molecular complexity index is 1300. The van der Waals surface area contributed by atoms with Crippen LogP contribution in [-0.2, 0) is 9.59 Å². The first-order chi connectivity index (χ1) is 15.8. The van der Waals surface area contributed by atoms with Crippen molar-refractivity contribution in [3.8, 4) is 5.75 Å². The number of para-hydroxylation sites is 2. The van der Waals surface area contributed by atoms with Crippen molar-refractivity contribution in [2.75, 3.05) is 16.8 Å². The summed E-state index contributed by atoms with van der Waals surface area (Å²) in [6.45, 7) is 8.14. The highest BCUT2D eigenvalue weighted by atomic mass is 35.5. The standard InChI is InChI=1S/C27H25ClN2O3/c1-5-33-23-9-7-6-8-21(23)29-25-24(20-13-10-16(2)14-18(20)4)26(31)30(27(25)32)22-15-19(28)12-11-17(22)3/h6-15,29H,5H2,1-4H3. The molecule has 0 radical (unpaired) electrons. The number of amides is 2. The van der Waals surface area contributed by atoms with Crippen LogP contribution in [0.3, 0.4) is 0 Å². The monoisotopic (exact) mass is 460 g/mol. The molecule has 0 aliphatic carbocycles. The zero-order chi connectivity index (χ0) is 23.7. The Morgan fingerprint density at radius 1 is 0.909 bits per heavy atom. The van der Waals surface area contributed by atoms with E-state index in [1.54, 1.807) is 18.2 Å². The van der Waals surface area contributed by atoms with Crippen LogP contribution in [0.2, 0.25) is 5.02 Å². The molecular weight excluding hydrogens is 436 g/mol. The third-order valence-electron chi connectivity index (χ3n) is 5.59. The first-order valence-electron chi connectivity index (χ1n) is 10.8. The molecule has 1 aliphatic heterocycles. The Morgan fingerprint density at radius 2 is 1.67 bits per heavy atom. The second kappa shape index (κ2) is 9.12. The van der Waals surface area contributed by atoms with Crippen molar-refractivity contribution >= 4 is 40.4 Å². The number of anilines is 2. The molecule has 2 amide bonds. The summed E-state index contributed by atoms with van der Waals surface area (Å²) in [5, 5.41) is 3.66. The minimum Gasteiger partial charge on any atom is -0.492 e. The molecule has 0 unspecified atom stereocenters. The predicted molar refractivity (Wildman–Crippen MR) is 133 cm³/mol. The SMILES string of the molecule is CCOc1ccccc1NC1=C(c2ccc(C)cc2C)C(=O)N(c2cc(Cl)ccc2C)C1=O. The minimum absolute atomic E-state index is 0.207. The molecule has 1 N–H and O–H groups in total. The Morgan fingerprint density at radius 3 is 2.39 bits per heavy atom. The van der Waals surface area contributed by atoms with Crippen molar-refractivity contribution in [2.24, 2.45) is 0 Å². The van der Waals surface area contributed by atoms with Crippen LogP contribution in [0.4, 0.5) is 11.4 Å². The molecule has 6 heteroatoms. The van der Waals surface area contributed by atoms with Crippen LogP contribution >= 0.6 is 11.6 Å². The predicted octanol–water partition coefficient (Wildman–Crippen LogP) is 6.06. The molecule has 3 aromatic rings. The van der Waals surface area contributed by atoms with E-state index in [-0.39, 0.29) is 5.70 Å². The van der Waals surface area contributed by atoms with Gasteiger partial charge < -0.3 is 10.1 Å². The molecule has 168 valence electrons. The van der Waals surface area contributed by atoms with Gasteiger partial charge >= 0.3 is 0 Å². The molecule has 4 rings (SSSR count). The highest BCUT2D eigenvalue weighted by Gasteiger charge is 2.41. The zero-order valence-electron chi connectivity index (χ0n) is 19.0. The van der Waals surface area contributed by atoms with Crippen molar-refractivity contribution in [2.45, 2.75) is 27.7 Å². The first kappa shape index (κ1) is 22.6. The topological polar surface area (TPSA) is 58.6 Å². The van der Waals surface area contributed by atoms with Crippen molar-refractivity contribution < 1.29 is 14.3 Å². The van der Waals surface area contributed by atoms with Crippen molar-refractivity contribution in [1.29, 1.82) is 0 Å². The van der Waals surface area contributed by atoms with Gasteiger partial charge in [-0.05, 0) is 68.7 Å². The minimum atomic E-state index is -0.438. The number of carbonyl (C=O) groups excluding carboxylic acids is 2. The van der Waals surface area contributed by atoms with E-state index in [4.69, 9.17) is 16.3 Å². The summed E-state index contributed by atoms with van der Waals surface area (Å²) in [5.74, 6) is -0.231. The third-order valence-corrected chi connectivity index (χ3v) is 5.83. The fraction of sp³-hybridized carbons (Fsp3) is 0.185. The van der Waals surface area contributed by atoms with E-state index >= 15 is 0 Å². The van der Waals surface area contributed by atoms with Gasteiger partial charge in [0.25, 0.3) is 11.8 Å². The van der Waals surface area contributed by atoms with E-state index in [9.17, 15) is 9.59 Å². The zero-order valence-corrected chi connectivity index (χ0v) is 19.8. The molecule has 1 heterocycles. The van der Waals surface area contributed by atoms with Crippen LogP contribution in [0.1, 0.15) is 29.2 Å². The average Bonchev–Trinajstić information content (AvgIpc) is 3.01. The van der Waals surface area contributed by atoms with Crippen molar-refractivity contribution in [3.63, 3.8) is 0 Å². The van der Waals surface area contributed by atoms with Crippen LogP contribution in [-0.4, -0.2) is 18.4 Å². The number of hydrogen-bond donors (Lipinski definition) is 1. The number of imide groups is 1. The number of aryl methyl sites for hydroxylation is 3. The summed E-state index contributed by atoms with van der Waals surface area (Å²) < 4.78 is 5.72. The molecule has 0 spiro atoms. The van der Waals surface area contributed by atoms with Gasteiger partial charge in [0.15, 0.2) is 0 Å². The highest BCUT2D eigenvalue weighted by Crippen LogP contribution is 2.38. The summed E-state index contributed by atoms with van der Waals surface area (Å²) in [7, 11) is 0. The van der Waals surface area contributed by atoms with Crippen LogP contribution in [0.5, 0.6) is 5.75 Å². The van der Waals surface area contributed by atoms with Gasteiger partial charge in [0.2, 0.25) is 0 Å². The summed E-state index contributed by atoms with van der Waals surface area (Å²) in [6.07, 6.45) is 0. The molecule has 5 nitrogen and oxygen atoms in total. The molecule has 1 aliphatic rings. The molecule has 0 saturated carbocycles. The van der Waals surface area contributed by atoms with E-state index in [0.717, 1.165) is 16.7 Å². The van der Waals surface area contributed by atoms with Crippen LogP contribution in [0, 0.1) is 20.8 Å². The molecule has 33 heavy (non-hydrogen) atoms. The van der Waals surface area contributed by atoms with E-state index in [0.29, 0.717) is 39.9 Å². The lowest BCUT2D eigenvalue weighted by molar-refractivity contribution is -0.120. The lowest BCUT2D eigenvalue weighted by Gasteiger charge is -2.18. The lowest BCUT2D eigenvalue weighted by atomic mass is 9.97. The van der Waals surface area contributed by atoms with Crippen molar-refractivity contribution in [1.82, 2.24) is 0 Å². The summed E-state index contributed by atoms with van der Waals surface area (Å²) >= 11 is 6.21. The third kappa shape index (κ3) is 4.24. The number of ether oxygens (including phenoxy) is 1. The van der Waals surface area contributed by atoms with E-state index < -0.39 is 11.8 Å². The van der Waals surface area contributed by atoms with Crippen molar-refractivity contribution in [3.05, 3.63) is 93.6 Å². The fourth-order valence-electron chi connectivity index (χ4n) is 4.02. The van der Waals surface area contributed by atoms with Gasteiger partial charge in [-0.1, -0.05) is 53.6 Å². The Kier molecular flexibility index (Phi) is 6.25. The maximum atomic E-state index is 13.8. The second-order valence-electron chi connectivity index (χ2n) is 8.00. The average molecular weight is 461 g/mol. The second-order valence-corrected chi connectivity index (χ2v) is 8.44. The number of halogens is 1. The van der Waals surface area contributed by atoms with E-state index in [1.165, 1.54) is 4.90 Å². The smallest absolute Gasteiger partial charge is 0.282 e. The molecule has 0 atom stereocenters. The van der Waals surface area contributed by atoms with E-state index in [1.807, 2.05) is 70.2 Å². The fourth-order valence-corrected chi connectivity index (χ4v) is 4.18. The first-order valence-corrected chi connectivity index (χ1v) is 11.1. The van der Waals surface area contributed by atoms with Gasteiger partial charge in [0.05, 0.1) is 23.6 Å². The number of nitrogens with one attached hydrogen (secondary N) is 1. The maximum Gasteiger partial charge on any atom is 0.282 e. The van der Waals surface area contributed by atoms with E-state index in [2.05, 4.69) is 5.32 Å². The largest absolute Gasteiger partial charge is 0.492 e. The Hall–Kier alpha value is -3.57. The quantitative estimate of drug-likeness (QED) is 0.454. The molecule has 0 fully saturated rings. The molecule has 0 saturated heterocycles. The normalized spacial score (nSPS) is 13.7. The lowest BCUT2D eigenvalue weighted by Crippen LogP contribution is -2.33. The Labute approximate surface area is 198 Å². The molecule has 0 bridgehead atoms. The van der Waals surface area contributed by atoms with Crippen LogP contribution in [0.15, 0.2) is 66.4 Å². The molecule has 3 aromatic carbocycles. The summed E-state index contributed by atoms with van der Waals surface area (Å²) in [6, 6.07) is 18.4. The summed E-state index contributed by atoms with van der Waals surface area (Å²) in [4.78, 5) is 28.7. The van der Waals surface area contributed by atoms with Gasteiger partial charge in [0, 0.05) is 5.02 Å². The van der Waals surface area contributed by atoms with Crippen LogP contribution < -0.4 is 15.0 Å². The number of hydrogen-bond acceptors (Lipinski definition) is 4. The van der Waals surface area contributed by atoms with Gasteiger partial charge in [-0.25, -0.2) is 4.90 Å². The van der Waals surface area contributed by atoms with Crippen LogP contribution in [0.25, 0.3) is 5.57 Å².